The molecule has 4 aromatic carbocycles. The molecule has 2 fully saturated rings. The maximum absolute atomic E-state index is 13.9. The zero-order valence-corrected chi connectivity index (χ0v) is 34.3. The summed E-state index contributed by atoms with van der Waals surface area (Å²) in [6.07, 6.45) is 5.21. The molecule has 6 aromatic rings. The molecular weight excluding hydrogens is 785 g/mol. The van der Waals surface area contributed by atoms with E-state index in [1.54, 1.807) is 34.3 Å². The van der Waals surface area contributed by atoms with Crippen LogP contribution in [0.15, 0.2) is 122 Å². The average molecular weight is 831 g/mol. The molecular formula is C48H46N8O6. The Kier molecular flexibility index (Phi) is 12.4. The maximum atomic E-state index is 13.9. The second kappa shape index (κ2) is 18.7. The lowest BCUT2D eigenvalue weighted by Gasteiger charge is -2.28. The molecule has 0 aliphatic carbocycles. The Morgan fingerprint density at radius 2 is 1.08 bits per heavy atom. The Morgan fingerprint density at radius 1 is 0.613 bits per heavy atom. The highest BCUT2D eigenvalue weighted by molar-refractivity contribution is 5.88. The van der Waals surface area contributed by atoms with E-state index in [-0.39, 0.29) is 23.9 Å². The van der Waals surface area contributed by atoms with Crippen molar-refractivity contribution >= 4 is 24.0 Å². The van der Waals surface area contributed by atoms with Gasteiger partial charge in [-0.3, -0.25) is 9.59 Å². The van der Waals surface area contributed by atoms with Crippen LogP contribution in [0.1, 0.15) is 83.9 Å². The summed E-state index contributed by atoms with van der Waals surface area (Å²) in [5, 5.41) is 5.40. The van der Waals surface area contributed by atoms with Crippen LogP contribution in [0, 0.1) is 11.8 Å². The van der Waals surface area contributed by atoms with Gasteiger partial charge in [0.05, 0.1) is 44.4 Å². The first-order chi connectivity index (χ1) is 30.3. The Morgan fingerprint density at radius 3 is 1.60 bits per heavy atom. The Bertz CT molecular complexity index is 2580. The molecule has 0 spiro atoms. The van der Waals surface area contributed by atoms with Crippen LogP contribution in [-0.2, 0) is 19.1 Å². The molecule has 62 heavy (non-hydrogen) atoms. The summed E-state index contributed by atoms with van der Waals surface area (Å²) in [6, 6.07) is 32.2. The number of alkyl carbamates (subject to hydrolysis) is 2. The van der Waals surface area contributed by atoms with E-state index in [9.17, 15) is 19.2 Å². The minimum absolute atomic E-state index is 0.217. The molecule has 2 aliphatic rings. The third-order valence-corrected chi connectivity index (χ3v) is 11.3. The number of methoxy groups -OCH3 is 2. The molecule has 0 saturated carbocycles. The van der Waals surface area contributed by atoms with Crippen LogP contribution in [0.4, 0.5) is 9.59 Å². The van der Waals surface area contributed by atoms with Crippen LogP contribution in [0.2, 0.25) is 0 Å². The number of amides is 4. The van der Waals surface area contributed by atoms with Crippen molar-refractivity contribution in [3.05, 3.63) is 156 Å². The highest BCUT2D eigenvalue weighted by atomic mass is 16.5. The van der Waals surface area contributed by atoms with Gasteiger partial charge in [-0.1, -0.05) is 103 Å². The topological polar surface area (TPSA) is 175 Å². The lowest BCUT2D eigenvalue weighted by molar-refractivity contribution is -0.135. The van der Waals surface area contributed by atoms with Gasteiger partial charge < -0.3 is 39.9 Å². The van der Waals surface area contributed by atoms with Crippen molar-refractivity contribution in [2.24, 2.45) is 0 Å². The smallest absolute Gasteiger partial charge is 0.407 e. The number of H-pyrrole nitrogens is 2. The molecule has 2 aliphatic heterocycles. The molecule has 4 unspecified atom stereocenters. The van der Waals surface area contributed by atoms with Gasteiger partial charge in [-0.25, -0.2) is 19.6 Å². The quantitative estimate of drug-likeness (QED) is 0.103. The fraction of sp³-hybridized carbons (Fsp3) is 0.250. The van der Waals surface area contributed by atoms with Gasteiger partial charge >= 0.3 is 12.2 Å². The second-order valence-electron chi connectivity index (χ2n) is 15.1. The second-order valence-corrected chi connectivity index (χ2v) is 15.1. The third-order valence-electron chi connectivity index (χ3n) is 11.3. The molecule has 4 heterocycles. The van der Waals surface area contributed by atoms with E-state index in [1.807, 2.05) is 84.9 Å². The average Bonchev–Trinajstić information content (AvgIpc) is 4.17. The molecule has 8 rings (SSSR count). The standard InChI is InChI=1S/C48H46N8O6/c1-61-47(59)53-41(35-11-5-3-6-12-35)45(57)55-27-9-15-39(55)43-49-29-37(51-43)26-19-31-17-20-32(21-18-31)33-22-24-34(25-23-33)38-30-50-44(52-38)40-16-10-28-56(40)46(58)42(54-48(60)62-2)36-13-7-4-8-14-36/h3-8,11-14,17-18,20-25,29-30,39-42H,9-10,15-16,27-28H2,1-2H3,(H,49,51)(H,50,52)(H,53,59)(H,54,60). The summed E-state index contributed by atoms with van der Waals surface area (Å²) in [5.74, 6) is 7.28. The lowest BCUT2D eigenvalue weighted by Crippen LogP contribution is -2.42. The summed E-state index contributed by atoms with van der Waals surface area (Å²) >= 11 is 0. The van der Waals surface area contributed by atoms with E-state index in [0.29, 0.717) is 41.6 Å². The Balaban J connectivity index is 0.902. The van der Waals surface area contributed by atoms with Crippen LogP contribution in [-0.4, -0.2) is 81.0 Å². The van der Waals surface area contributed by atoms with E-state index in [1.165, 1.54) is 14.2 Å². The molecule has 4 N–H and O–H groups in total. The van der Waals surface area contributed by atoms with Gasteiger partial charge in [0.2, 0.25) is 0 Å². The minimum Gasteiger partial charge on any atom is -0.453 e. The number of ether oxygens (including phenoxy) is 2. The first-order valence-electron chi connectivity index (χ1n) is 20.5. The zero-order chi connectivity index (χ0) is 43.0. The fourth-order valence-electron chi connectivity index (χ4n) is 8.13. The van der Waals surface area contributed by atoms with Gasteiger partial charge in [-0.05, 0) is 71.6 Å². The van der Waals surface area contributed by atoms with E-state index in [4.69, 9.17) is 14.5 Å². The summed E-state index contributed by atoms with van der Waals surface area (Å²) in [4.78, 5) is 71.7. The van der Waals surface area contributed by atoms with Crippen molar-refractivity contribution in [2.45, 2.75) is 49.9 Å². The number of likely N-dealkylation sites (tertiary alicyclic amines) is 2. The van der Waals surface area contributed by atoms with Crippen LogP contribution >= 0.6 is 0 Å². The van der Waals surface area contributed by atoms with Crippen LogP contribution in [0.5, 0.6) is 0 Å². The number of imidazole rings is 2. The molecule has 314 valence electrons. The molecule has 4 atom stereocenters. The van der Waals surface area contributed by atoms with E-state index >= 15 is 0 Å². The number of carbonyl (C=O) groups is 4. The Hall–Kier alpha value is -7.66. The van der Waals surface area contributed by atoms with Gasteiger partial charge in [-0.2, -0.15) is 0 Å². The van der Waals surface area contributed by atoms with Gasteiger partial charge in [0.1, 0.15) is 29.4 Å². The molecule has 0 bridgehead atoms. The number of hydrogen-bond donors (Lipinski definition) is 4. The molecule has 2 aromatic heterocycles. The number of nitrogens with one attached hydrogen (secondary N) is 4. The molecule has 14 heteroatoms. The lowest BCUT2D eigenvalue weighted by atomic mass is 10.0. The van der Waals surface area contributed by atoms with Gasteiger partial charge in [0.25, 0.3) is 11.8 Å². The van der Waals surface area contributed by atoms with E-state index in [0.717, 1.165) is 53.6 Å². The fourth-order valence-corrected chi connectivity index (χ4v) is 8.13. The molecule has 4 amide bonds. The van der Waals surface area contributed by atoms with Crippen LogP contribution < -0.4 is 10.6 Å². The number of carbonyl (C=O) groups excluding carboxylic acids is 4. The monoisotopic (exact) mass is 830 g/mol. The van der Waals surface area contributed by atoms with Crippen molar-refractivity contribution in [1.29, 1.82) is 0 Å². The number of rotatable bonds is 10. The van der Waals surface area contributed by atoms with Crippen LogP contribution in [0.3, 0.4) is 0 Å². The van der Waals surface area contributed by atoms with Gasteiger partial charge in [0, 0.05) is 18.7 Å². The number of aromatic nitrogens is 4. The minimum atomic E-state index is -0.892. The first kappa shape index (κ1) is 41.1. The van der Waals surface area contributed by atoms with Crippen molar-refractivity contribution in [1.82, 2.24) is 40.4 Å². The largest absolute Gasteiger partial charge is 0.453 e. The van der Waals surface area contributed by atoms with Crippen molar-refractivity contribution in [3.8, 4) is 34.2 Å². The SMILES string of the molecule is COC(=O)NC(C(=O)N1CCCC1c1ncc(C#Cc2ccc(-c3ccc(-c4cnc(C5CCCN5C(=O)C(NC(=O)OC)c5ccccc5)[nH]4)cc3)cc2)[nH]1)c1ccccc1. The van der Waals surface area contributed by atoms with Crippen molar-refractivity contribution in [3.63, 3.8) is 0 Å². The van der Waals surface area contributed by atoms with Crippen molar-refractivity contribution in [2.75, 3.05) is 27.3 Å². The third kappa shape index (κ3) is 9.07. The highest BCUT2D eigenvalue weighted by Gasteiger charge is 2.38. The summed E-state index contributed by atoms with van der Waals surface area (Å²) in [6.45, 7) is 1.09. The normalized spacial score (nSPS) is 16.7. The molecule has 0 radical (unpaired) electrons. The first-order valence-corrected chi connectivity index (χ1v) is 20.5. The summed E-state index contributed by atoms with van der Waals surface area (Å²) < 4.78 is 9.63. The predicted octanol–water partition coefficient (Wildman–Crippen LogP) is 7.39. The number of aromatic amines is 2. The van der Waals surface area contributed by atoms with Gasteiger partial charge in [0.15, 0.2) is 0 Å². The number of benzene rings is 4. The predicted molar refractivity (Wildman–Crippen MR) is 231 cm³/mol. The van der Waals surface area contributed by atoms with Crippen LogP contribution in [0.25, 0.3) is 22.4 Å². The zero-order valence-electron chi connectivity index (χ0n) is 34.3. The molecule has 2 saturated heterocycles. The van der Waals surface area contributed by atoms with E-state index < -0.39 is 24.3 Å². The van der Waals surface area contributed by atoms with Crippen molar-refractivity contribution < 1.29 is 28.7 Å². The Labute approximate surface area is 359 Å². The van der Waals surface area contributed by atoms with E-state index in [2.05, 4.69) is 49.6 Å². The number of hydrogen-bond acceptors (Lipinski definition) is 8. The number of nitrogens with zero attached hydrogens (tertiary/aromatic N) is 4. The molecule has 14 nitrogen and oxygen atoms in total. The highest BCUT2D eigenvalue weighted by Crippen LogP contribution is 2.35. The summed E-state index contributed by atoms with van der Waals surface area (Å²) in [7, 11) is 2.55. The van der Waals surface area contributed by atoms with Gasteiger partial charge in [-0.15, -0.1) is 0 Å². The summed E-state index contributed by atoms with van der Waals surface area (Å²) in [5.41, 5.74) is 6.67. The maximum Gasteiger partial charge on any atom is 0.407 e.